The topological polar surface area (TPSA) is 116 Å². The predicted molar refractivity (Wildman–Crippen MR) is 61.9 cm³/mol. The number of nitrogens with one attached hydrogen (secondary N) is 2. The highest BCUT2D eigenvalue weighted by Crippen LogP contribution is 1.92. The summed E-state index contributed by atoms with van der Waals surface area (Å²) >= 11 is 0. The Morgan fingerprint density at radius 2 is 2.17 bits per heavy atom. The van der Waals surface area contributed by atoms with Crippen LogP contribution in [-0.2, 0) is 11.3 Å². The van der Waals surface area contributed by atoms with Crippen LogP contribution in [0.5, 0.6) is 0 Å². The Kier molecular flexibility index (Phi) is 5.12. The van der Waals surface area contributed by atoms with E-state index in [0.29, 0.717) is 6.54 Å². The smallest absolute Gasteiger partial charge is 0.328 e. The van der Waals surface area contributed by atoms with E-state index in [1.54, 1.807) is 30.2 Å². The summed E-state index contributed by atoms with van der Waals surface area (Å²) in [6.45, 7) is 1.64. The number of carboxylic acids is 1. The molecule has 0 aliphatic rings. The van der Waals surface area contributed by atoms with E-state index in [1.807, 2.05) is 0 Å². The van der Waals surface area contributed by atoms with E-state index >= 15 is 0 Å². The first-order valence-electron chi connectivity index (χ1n) is 5.39. The molecule has 0 bridgehead atoms. The van der Waals surface area contributed by atoms with Crippen molar-refractivity contribution in [1.82, 2.24) is 20.2 Å². The van der Waals surface area contributed by atoms with E-state index in [1.165, 1.54) is 0 Å². The highest BCUT2D eigenvalue weighted by molar-refractivity contribution is 5.82. The van der Waals surface area contributed by atoms with Gasteiger partial charge in [0.2, 0.25) is 0 Å². The molecule has 100 valence electrons. The van der Waals surface area contributed by atoms with Crippen molar-refractivity contribution >= 4 is 12.0 Å². The molecule has 0 saturated heterocycles. The first-order valence-corrected chi connectivity index (χ1v) is 5.39. The Bertz CT molecular complexity index is 393. The fraction of sp³-hybridized carbons (Fsp3) is 0.500. The third-order valence-electron chi connectivity index (χ3n) is 2.21. The summed E-state index contributed by atoms with van der Waals surface area (Å²) in [7, 11) is 0. The minimum Gasteiger partial charge on any atom is -0.480 e. The van der Waals surface area contributed by atoms with Crippen LogP contribution in [0.3, 0.4) is 0 Å². The summed E-state index contributed by atoms with van der Waals surface area (Å²) in [6, 6.07) is -2.14. The van der Waals surface area contributed by atoms with Crippen LogP contribution in [-0.4, -0.2) is 50.5 Å². The van der Waals surface area contributed by atoms with Crippen molar-refractivity contribution in [2.24, 2.45) is 0 Å². The number of imidazole rings is 1. The lowest BCUT2D eigenvalue weighted by Gasteiger charge is -2.17. The maximum Gasteiger partial charge on any atom is 0.328 e. The average Bonchev–Trinajstić information content (AvgIpc) is 2.77. The molecule has 0 fully saturated rings. The van der Waals surface area contributed by atoms with Crippen molar-refractivity contribution < 1.29 is 19.8 Å². The zero-order chi connectivity index (χ0) is 13.5. The van der Waals surface area contributed by atoms with Gasteiger partial charge in [-0.05, 0) is 6.92 Å². The quantitative estimate of drug-likeness (QED) is 0.522. The second kappa shape index (κ2) is 6.60. The molecule has 0 spiro atoms. The molecular formula is C10H16N4O4. The summed E-state index contributed by atoms with van der Waals surface area (Å²) in [5.41, 5.74) is 0. The molecule has 1 aromatic rings. The molecule has 18 heavy (non-hydrogen) atoms. The Balaban J connectivity index is 2.37. The molecule has 2 amide bonds. The zero-order valence-corrected chi connectivity index (χ0v) is 9.91. The molecule has 2 atom stereocenters. The van der Waals surface area contributed by atoms with Crippen molar-refractivity contribution in [2.45, 2.75) is 25.6 Å². The number of nitrogens with zero attached hydrogens (tertiary/aromatic N) is 2. The van der Waals surface area contributed by atoms with E-state index in [0.717, 1.165) is 0 Å². The first-order chi connectivity index (χ1) is 8.52. The second-order valence-corrected chi connectivity index (χ2v) is 3.85. The number of amides is 2. The number of rotatable bonds is 6. The predicted octanol–water partition coefficient (Wildman–Crippen LogP) is -0.984. The van der Waals surface area contributed by atoms with Crippen molar-refractivity contribution in [1.29, 1.82) is 0 Å². The van der Waals surface area contributed by atoms with Gasteiger partial charge >= 0.3 is 12.0 Å². The van der Waals surface area contributed by atoms with Gasteiger partial charge in [0.15, 0.2) is 6.04 Å². The van der Waals surface area contributed by atoms with E-state index in [2.05, 4.69) is 15.6 Å². The fourth-order valence-corrected chi connectivity index (χ4v) is 1.37. The molecule has 0 aliphatic carbocycles. The average molecular weight is 256 g/mol. The molecule has 2 unspecified atom stereocenters. The minimum absolute atomic E-state index is 0.202. The second-order valence-electron chi connectivity index (χ2n) is 3.85. The largest absolute Gasteiger partial charge is 0.480 e. The molecule has 1 aromatic heterocycles. The number of hydrogen-bond acceptors (Lipinski definition) is 4. The first kappa shape index (κ1) is 14.0. The normalized spacial score (nSPS) is 13.7. The van der Waals surface area contributed by atoms with Crippen LogP contribution in [0.1, 0.15) is 6.92 Å². The number of aliphatic carboxylic acids is 1. The molecule has 8 nitrogen and oxygen atoms in total. The van der Waals surface area contributed by atoms with Crippen molar-refractivity contribution in [3.05, 3.63) is 18.7 Å². The van der Waals surface area contributed by atoms with Crippen LogP contribution >= 0.6 is 0 Å². The third-order valence-corrected chi connectivity index (χ3v) is 2.21. The minimum atomic E-state index is -1.30. The maximum atomic E-state index is 11.4. The summed E-state index contributed by atoms with van der Waals surface area (Å²) in [6.07, 6.45) is 4.99. The Morgan fingerprint density at radius 1 is 1.44 bits per heavy atom. The summed E-state index contributed by atoms with van der Waals surface area (Å²) < 4.78 is 1.78. The fourth-order valence-electron chi connectivity index (χ4n) is 1.37. The number of aromatic nitrogens is 2. The molecular weight excluding hydrogens is 240 g/mol. The van der Waals surface area contributed by atoms with Crippen LogP contribution in [0.2, 0.25) is 0 Å². The zero-order valence-electron chi connectivity index (χ0n) is 9.91. The Hall–Kier alpha value is -2.09. The number of hydrogen-bond donors (Lipinski definition) is 4. The molecule has 1 heterocycles. The molecule has 0 saturated carbocycles. The van der Waals surface area contributed by atoms with Gasteiger partial charge in [0, 0.05) is 25.0 Å². The van der Waals surface area contributed by atoms with Gasteiger partial charge < -0.3 is 25.4 Å². The SMILES string of the molecule is CC(Cn1ccnc1)NC(=O)NC(CO)C(=O)O. The molecule has 0 aromatic carbocycles. The van der Waals surface area contributed by atoms with Crippen molar-refractivity contribution in [2.75, 3.05) is 6.61 Å². The molecule has 1 rings (SSSR count). The van der Waals surface area contributed by atoms with Crippen molar-refractivity contribution in [3.63, 3.8) is 0 Å². The van der Waals surface area contributed by atoms with E-state index in [-0.39, 0.29) is 6.04 Å². The summed E-state index contributed by atoms with van der Waals surface area (Å²) in [5.74, 6) is -1.28. The summed E-state index contributed by atoms with van der Waals surface area (Å²) in [4.78, 5) is 25.9. The van der Waals surface area contributed by atoms with E-state index in [4.69, 9.17) is 10.2 Å². The standard InChI is InChI=1S/C10H16N4O4/c1-7(4-14-3-2-11-6-14)12-10(18)13-8(5-15)9(16)17/h2-3,6-8,15H,4-5H2,1H3,(H,16,17)(H2,12,13,18). The lowest BCUT2D eigenvalue weighted by atomic mass is 10.3. The van der Waals surface area contributed by atoms with E-state index < -0.39 is 24.6 Å². The number of carbonyl (C=O) groups is 2. The number of carboxylic acid groups (broad SMARTS) is 1. The van der Waals surface area contributed by atoms with Crippen LogP contribution in [0.4, 0.5) is 4.79 Å². The van der Waals surface area contributed by atoms with Gasteiger partial charge in [-0.25, -0.2) is 14.6 Å². The Morgan fingerprint density at radius 3 is 2.67 bits per heavy atom. The number of aliphatic hydroxyl groups excluding tert-OH is 1. The van der Waals surface area contributed by atoms with E-state index in [9.17, 15) is 9.59 Å². The highest BCUT2D eigenvalue weighted by atomic mass is 16.4. The van der Waals surface area contributed by atoms with Gasteiger partial charge in [-0.1, -0.05) is 0 Å². The van der Waals surface area contributed by atoms with Gasteiger partial charge in [0.05, 0.1) is 12.9 Å². The van der Waals surface area contributed by atoms with Gasteiger partial charge in [-0.15, -0.1) is 0 Å². The molecule has 0 radical (unpaired) electrons. The van der Waals surface area contributed by atoms with Gasteiger partial charge in [0.1, 0.15) is 0 Å². The van der Waals surface area contributed by atoms with Crippen LogP contribution in [0.15, 0.2) is 18.7 Å². The van der Waals surface area contributed by atoms with Gasteiger partial charge in [-0.2, -0.15) is 0 Å². The molecule has 0 aliphatic heterocycles. The number of urea groups is 1. The third kappa shape index (κ3) is 4.42. The molecule has 8 heteroatoms. The lowest BCUT2D eigenvalue weighted by Crippen LogP contribution is -2.50. The van der Waals surface area contributed by atoms with Gasteiger partial charge in [-0.3, -0.25) is 0 Å². The van der Waals surface area contributed by atoms with Crippen molar-refractivity contribution in [3.8, 4) is 0 Å². The van der Waals surface area contributed by atoms with Crippen LogP contribution in [0, 0.1) is 0 Å². The lowest BCUT2D eigenvalue weighted by molar-refractivity contribution is -0.140. The molecule has 4 N–H and O–H groups in total. The van der Waals surface area contributed by atoms with Gasteiger partial charge in [0.25, 0.3) is 0 Å². The maximum absolute atomic E-state index is 11.4. The monoisotopic (exact) mass is 256 g/mol. The number of aliphatic hydroxyl groups is 1. The van der Waals surface area contributed by atoms with Crippen LogP contribution in [0.25, 0.3) is 0 Å². The van der Waals surface area contributed by atoms with Crippen LogP contribution < -0.4 is 10.6 Å². The Labute approximate surface area is 104 Å². The summed E-state index contributed by atoms with van der Waals surface area (Å²) in [5, 5.41) is 22.1. The highest BCUT2D eigenvalue weighted by Gasteiger charge is 2.19. The number of carbonyl (C=O) groups excluding carboxylic acids is 1.